The third-order valence-electron chi connectivity index (χ3n) is 6.59. The normalized spacial score (nSPS) is 12.1. The van der Waals surface area contributed by atoms with E-state index in [4.69, 9.17) is 14.5 Å². The number of aryl methyl sites for hydroxylation is 1. The fourth-order valence-corrected chi connectivity index (χ4v) is 4.45. The summed E-state index contributed by atoms with van der Waals surface area (Å²) in [6.45, 7) is 8.49. The minimum absolute atomic E-state index is 0.125. The summed E-state index contributed by atoms with van der Waals surface area (Å²) in [6.07, 6.45) is 0. The summed E-state index contributed by atoms with van der Waals surface area (Å²) in [6, 6.07) is 18.8. The van der Waals surface area contributed by atoms with Gasteiger partial charge in [-0.3, -0.25) is 14.2 Å². The number of hydrogen-bond donors (Lipinski definition) is 1. The lowest BCUT2D eigenvalue weighted by molar-refractivity contribution is 0.0951. The molecule has 4 aromatic rings. The van der Waals surface area contributed by atoms with Gasteiger partial charge in [0.05, 0.1) is 17.4 Å². The van der Waals surface area contributed by atoms with Gasteiger partial charge < -0.3 is 19.7 Å². The molecule has 1 amide bonds. The molecule has 2 heterocycles. The van der Waals surface area contributed by atoms with Gasteiger partial charge in [0.2, 0.25) is 12.7 Å². The summed E-state index contributed by atoms with van der Waals surface area (Å²) in [5.74, 6) is 1.73. The molecule has 0 unspecified atom stereocenters. The standard InChI is InChI=1S/C29H30N4O4/c1-4-32(5-2)29-31-24-15-22(27(34)30-16-21-10-13-25-26(14-21)37-18-36-25)11-12-23(24)28(35)33(29)17-20-8-6-19(3)7-9-20/h6-15H,4-5,16-18H2,1-3H3,(H,30,34). The zero-order valence-electron chi connectivity index (χ0n) is 21.3. The first kappa shape index (κ1) is 24.4. The summed E-state index contributed by atoms with van der Waals surface area (Å²) < 4.78 is 12.5. The van der Waals surface area contributed by atoms with Crippen molar-refractivity contribution >= 4 is 22.8 Å². The van der Waals surface area contributed by atoms with Gasteiger partial charge in [0.15, 0.2) is 11.5 Å². The highest BCUT2D eigenvalue weighted by molar-refractivity contribution is 5.97. The summed E-state index contributed by atoms with van der Waals surface area (Å²) in [5.41, 5.74) is 3.92. The molecule has 0 aliphatic carbocycles. The van der Waals surface area contributed by atoms with Crippen molar-refractivity contribution in [3.63, 3.8) is 0 Å². The Bertz CT molecular complexity index is 1510. The van der Waals surface area contributed by atoms with Gasteiger partial charge in [-0.05, 0) is 62.2 Å². The van der Waals surface area contributed by atoms with E-state index in [0.717, 1.165) is 11.1 Å². The molecule has 190 valence electrons. The van der Waals surface area contributed by atoms with Crippen LogP contribution in [0.2, 0.25) is 0 Å². The summed E-state index contributed by atoms with van der Waals surface area (Å²) in [5, 5.41) is 3.42. The van der Waals surface area contributed by atoms with Gasteiger partial charge in [-0.2, -0.15) is 0 Å². The van der Waals surface area contributed by atoms with Crippen LogP contribution in [0.1, 0.15) is 40.9 Å². The van der Waals surface area contributed by atoms with E-state index in [9.17, 15) is 9.59 Å². The number of rotatable bonds is 8. The van der Waals surface area contributed by atoms with Crippen molar-refractivity contribution in [2.24, 2.45) is 0 Å². The minimum atomic E-state index is -0.241. The Morgan fingerprint density at radius 1 is 0.973 bits per heavy atom. The first-order chi connectivity index (χ1) is 18.0. The van der Waals surface area contributed by atoms with Gasteiger partial charge in [-0.1, -0.05) is 35.9 Å². The van der Waals surface area contributed by atoms with Crippen LogP contribution >= 0.6 is 0 Å². The highest BCUT2D eigenvalue weighted by Gasteiger charge is 2.18. The molecule has 8 heteroatoms. The Kier molecular flexibility index (Phi) is 6.81. The molecule has 0 saturated heterocycles. The fourth-order valence-electron chi connectivity index (χ4n) is 4.45. The van der Waals surface area contributed by atoms with Gasteiger partial charge in [-0.25, -0.2) is 4.98 Å². The van der Waals surface area contributed by atoms with Gasteiger partial charge in [0.1, 0.15) is 0 Å². The van der Waals surface area contributed by atoms with Crippen LogP contribution in [-0.2, 0) is 13.1 Å². The summed E-state index contributed by atoms with van der Waals surface area (Å²) in [7, 11) is 0. The zero-order valence-corrected chi connectivity index (χ0v) is 21.3. The number of benzene rings is 3. The van der Waals surface area contributed by atoms with Crippen LogP contribution in [0.15, 0.2) is 65.5 Å². The quantitative estimate of drug-likeness (QED) is 0.391. The maximum Gasteiger partial charge on any atom is 0.263 e. The monoisotopic (exact) mass is 498 g/mol. The van der Waals surface area contributed by atoms with Crippen molar-refractivity contribution < 1.29 is 14.3 Å². The maximum absolute atomic E-state index is 13.6. The van der Waals surface area contributed by atoms with Gasteiger partial charge in [0, 0.05) is 25.2 Å². The Labute approximate surface area is 215 Å². The number of amides is 1. The second kappa shape index (κ2) is 10.3. The van der Waals surface area contributed by atoms with E-state index >= 15 is 0 Å². The summed E-state index contributed by atoms with van der Waals surface area (Å²) >= 11 is 0. The Morgan fingerprint density at radius 2 is 1.70 bits per heavy atom. The SMILES string of the molecule is CCN(CC)c1nc2cc(C(=O)NCc3ccc4c(c3)OCO4)ccc2c(=O)n1Cc1ccc(C)cc1. The highest BCUT2D eigenvalue weighted by Crippen LogP contribution is 2.32. The zero-order chi connectivity index (χ0) is 25.9. The molecule has 1 N–H and O–H groups in total. The molecular weight excluding hydrogens is 468 g/mol. The molecule has 1 aliphatic heterocycles. The first-order valence-corrected chi connectivity index (χ1v) is 12.5. The van der Waals surface area contributed by atoms with Crippen LogP contribution in [-0.4, -0.2) is 35.3 Å². The molecule has 0 atom stereocenters. The number of carbonyl (C=O) groups excluding carboxylic acids is 1. The maximum atomic E-state index is 13.6. The fraction of sp³-hybridized carbons (Fsp3) is 0.276. The van der Waals surface area contributed by atoms with Crippen molar-refractivity contribution in [3.05, 3.63) is 93.3 Å². The number of anilines is 1. The number of fused-ring (bicyclic) bond motifs is 2. The lowest BCUT2D eigenvalue weighted by atomic mass is 10.1. The highest BCUT2D eigenvalue weighted by atomic mass is 16.7. The molecule has 0 spiro atoms. The average Bonchev–Trinajstić information content (AvgIpc) is 3.39. The number of nitrogens with zero attached hydrogens (tertiary/aromatic N) is 3. The first-order valence-electron chi connectivity index (χ1n) is 12.5. The van der Waals surface area contributed by atoms with Crippen LogP contribution < -0.4 is 25.2 Å². The number of carbonyl (C=O) groups is 1. The Balaban J connectivity index is 1.45. The van der Waals surface area contributed by atoms with Crippen molar-refractivity contribution in [3.8, 4) is 11.5 Å². The third kappa shape index (κ3) is 5.00. The van der Waals surface area contributed by atoms with Crippen molar-refractivity contribution in [1.29, 1.82) is 0 Å². The molecule has 8 nitrogen and oxygen atoms in total. The largest absolute Gasteiger partial charge is 0.454 e. The van der Waals surface area contributed by atoms with E-state index in [1.165, 1.54) is 5.56 Å². The topological polar surface area (TPSA) is 85.7 Å². The van der Waals surface area contributed by atoms with Crippen LogP contribution in [0.3, 0.4) is 0 Å². The van der Waals surface area contributed by atoms with Crippen LogP contribution in [0, 0.1) is 6.92 Å². The van der Waals surface area contributed by atoms with Gasteiger partial charge >= 0.3 is 0 Å². The van der Waals surface area contributed by atoms with E-state index < -0.39 is 0 Å². The second-order valence-electron chi connectivity index (χ2n) is 9.06. The van der Waals surface area contributed by atoms with Crippen LogP contribution in [0.25, 0.3) is 10.9 Å². The lowest BCUT2D eigenvalue weighted by Crippen LogP contribution is -2.33. The molecule has 37 heavy (non-hydrogen) atoms. The Morgan fingerprint density at radius 3 is 2.46 bits per heavy atom. The molecule has 0 saturated carbocycles. The van der Waals surface area contributed by atoms with Gasteiger partial charge in [-0.15, -0.1) is 0 Å². The number of nitrogens with one attached hydrogen (secondary N) is 1. The van der Waals surface area contributed by atoms with Crippen molar-refractivity contribution in [2.45, 2.75) is 33.9 Å². The number of hydrogen-bond acceptors (Lipinski definition) is 6. The number of ether oxygens (including phenoxy) is 2. The lowest BCUT2D eigenvalue weighted by Gasteiger charge is -2.24. The van der Waals surface area contributed by atoms with Crippen molar-refractivity contribution in [2.75, 3.05) is 24.8 Å². The average molecular weight is 499 g/mol. The third-order valence-corrected chi connectivity index (χ3v) is 6.59. The smallest absolute Gasteiger partial charge is 0.263 e. The molecule has 0 radical (unpaired) electrons. The molecule has 1 aliphatic rings. The Hall–Kier alpha value is -4.33. The predicted molar refractivity (Wildman–Crippen MR) is 144 cm³/mol. The van der Waals surface area contributed by atoms with E-state index in [0.29, 0.717) is 60.1 Å². The molecular formula is C29H30N4O4. The van der Waals surface area contributed by atoms with E-state index in [2.05, 4.69) is 10.2 Å². The minimum Gasteiger partial charge on any atom is -0.454 e. The molecule has 0 bridgehead atoms. The van der Waals surface area contributed by atoms with E-state index in [1.54, 1.807) is 22.8 Å². The van der Waals surface area contributed by atoms with E-state index in [-0.39, 0.29) is 18.3 Å². The van der Waals surface area contributed by atoms with E-state index in [1.807, 2.05) is 63.2 Å². The molecule has 5 rings (SSSR count). The van der Waals surface area contributed by atoms with Crippen molar-refractivity contribution in [1.82, 2.24) is 14.9 Å². The predicted octanol–water partition coefficient (Wildman–Crippen LogP) is 4.26. The summed E-state index contributed by atoms with van der Waals surface area (Å²) in [4.78, 5) is 33.5. The van der Waals surface area contributed by atoms with Crippen LogP contribution in [0.4, 0.5) is 5.95 Å². The molecule has 1 aromatic heterocycles. The second-order valence-corrected chi connectivity index (χ2v) is 9.06. The van der Waals surface area contributed by atoms with Crippen LogP contribution in [0.5, 0.6) is 11.5 Å². The molecule has 0 fully saturated rings. The molecule has 3 aromatic carbocycles. The number of aromatic nitrogens is 2. The van der Waals surface area contributed by atoms with Gasteiger partial charge in [0.25, 0.3) is 11.5 Å².